The lowest BCUT2D eigenvalue weighted by Crippen LogP contribution is -2.17. The first-order valence-electron chi connectivity index (χ1n) is 22.8. The summed E-state index contributed by atoms with van der Waals surface area (Å²) in [4.78, 5) is 4.83. The van der Waals surface area contributed by atoms with E-state index in [-0.39, 0.29) is 10.8 Å². The minimum absolute atomic E-state index is 0.0363. The predicted molar refractivity (Wildman–Crippen MR) is 269 cm³/mol. The average Bonchev–Trinajstić information content (AvgIpc) is 3.66. The second-order valence-corrected chi connectivity index (χ2v) is 19.5. The van der Waals surface area contributed by atoms with E-state index in [1.807, 2.05) is 0 Å². The van der Waals surface area contributed by atoms with Crippen molar-refractivity contribution in [3.05, 3.63) is 215 Å². The van der Waals surface area contributed by atoms with E-state index < -0.39 is 0 Å². The maximum Gasteiger partial charge on any atom is 0.0465 e. The van der Waals surface area contributed by atoms with Crippen LogP contribution in [0.15, 0.2) is 176 Å². The molecular formula is C61H58N2. The average molecular weight is 819 g/mol. The van der Waals surface area contributed by atoms with Crippen LogP contribution in [0.25, 0.3) is 33.4 Å². The zero-order valence-electron chi connectivity index (χ0n) is 38.3. The Morgan fingerprint density at radius 3 is 1.21 bits per heavy atom. The van der Waals surface area contributed by atoms with Gasteiger partial charge in [-0.15, -0.1) is 0 Å². The molecule has 1 unspecified atom stereocenters. The summed E-state index contributed by atoms with van der Waals surface area (Å²) >= 11 is 0. The fourth-order valence-electron chi connectivity index (χ4n) is 10.3. The number of anilines is 6. The van der Waals surface area contributed by atoms with Gasteiger partial charge in [0.1, 0.15) is 0 Å². The predicted octanol–water partition coefficient (Wildman–Crippen LogP) is 17.3. The van der Waals surface area contributed by atoms with E-state index in [1.54, 1.807) is 0 Å². The van der Waals surface area contributed by atoms with E-state index in [4.69, 9.17) is 0 Å². The molecule has 8 aromatic rings. The van der Waals surface area contributed by atoms with Crippen LogP contribution in [0.4, 0.5) is 34.1 Å². The highest BCUT2D eigenvalue weighted by Gasteiger charge is 2.38. The minimum atomic E-state index is -0.226. The van der Waals surface area contributed by atoms with Crippen molar-refractivity contribution < 1.29 is 0 Å². The first kappa shape index (κ1) is 40.4. The summed E-state index contributed by atoms with van der Waals surface area (Å²) in [6, 6.07) is 66.3. The highest BCUT2D eigenvalue weighted by atomic mass is 15.1. The third kappa shape index (κ3) is 6.88. The van der Waals surface area contributed by atoms with Crippen LogP contribution in [0, 0.1) is 19.8 Å². The van der Waals surface area contributed by atoms with Crippen LogP contribution in [0.3, 0.4) is 0 Å². The van der Waals surface area contributed by atoms with Crippen molar-refractivity contribution >= 4 is 34.1 Å². The van der Waals surface area contributed by atoms with Gasteiger partial charge >= 0.3 is 0 Å². The minimum Gasteiger partial charge on any atom is -0.310 e. The lowest BCUT2D eigenvalue weighted by molar-refractivity contribution is 0.535. The Kier molecular flexibility index (Phi) is 9.83. The number of fused-ring (bicyclic) bond motifs is 6. The van der Waals surface area contributed by atoms with Crippen molar-refractivity contribution in [3.63, 3.8) is 0 Å². The second kappa shape index (κ2) is 15.3. The number of hydrogen-bond acceptors (Lipinski definition) is 2. The first-order valence-corrected chi connectivity index (χ1v) is 22.8. The summed E-state index contributed by atoms with van der Waals surface area (Å²) in [5, 5.41) is 0. The lowest BCUT2D eigenvalue weighted by atomic mass is 9.81. The number of rotatable bonds is 9. The molecule has 312 valence electrons. The molecule has 0 radical (unpaired) electrons. The highest BCUT2D eigenvalue weighted by molar-refractivity contribution is 5.89. The highest BCUT2D eigenvalue weighted by Crippen LogP contribution is 2.53. The van der Waals surface area contributed by atoms with E-state index >= 15 is 0 Å². The van der Waals surface area contributed by atoms with Crippen LogP contribution in [0.2, 0.25) is 0 Å². The Balaban J connectivity index is 1.01. The van der Waals surface area contributed by atoms with Crippen LogP contribution in [0.5, 0.6) is 0 Å². The van der Waals surface area contributed by atoms with E-state index in [0.717, 1.165) is 22.7 Å². The molecule has 0 spiro atoms. The number of aryl methyl sites for hydroxylation is 2. The van der Waals surface area contributed by atoms with Gasteiger partial charge in [-0.3, -0.25) is 0 Å². The molecule has 2 aliphatic rings. The Morgan fingerprint density at radius 2 is 0.714 bits per heavy atom. The van der Waals surface area contributed by atoms with Gasteiger partial charge in [-0.05, 0) is 166 Å². The van der Waals surface area contributed by atoms with Gasteiger partial charge in [-0.1, -0.05) is 157 Å². The van der Waals surface area contributed by atoms with Gasteiger partial charge in [0.25, 0.3) is 0 Å². The van der Waals surface area contributed by atoms with Gasteiger partial charge in [0.15, 0.2) is 0 Å². The zero-order chi connectivity index (χ0) is 43.8. The van der Waals surface area contributed by atoms with Crippen molar-refractivity contribution in [2.24, 2.45) is 5.92 Å². The molecule has 1 atom stereocenters. The number of nitrogens with zero attached hydrogens (tertiary/aromatic N) is 2. The van der Waals surface area contributed by atoms with Gasteiger partial charge in [-0.25, -0.2) is 0 Å². The van der Waals surface area contributed by atoms with Gasteiger partial charge in [0.05, 0.1) is 0 Å². The molecule has 10 rings (SSSR count). The maximum absolute atomic E-state index is 2.44. The van der Waals surface area contributed by atoms with E-state index in [0.29, 0.717) is 11.8 Å². The van der Waals surface area contributed by atoms with E-state index in [2.05, 4.69) is 248 Å². The Hall–Kier alpha value is -6.64. The fraction of sp³-hybridized carbons (Fsp3) is 0.213. The molecule has 2 heteroatoms. The molecule has 8 aromatic carbocycles. The molecule has 0 bridgehead atoms. The normalized spacial score (nSPS) is 14.4. The van der Waals surface area contributed by atoms with Gasteiger partial charge in [0, 0.05) is 45.0 Å². The number of hydrogen-bond donors (Lipinski definition) is 0. The zero-order valence-corrected chi connectivity index (χ0v) is 38.3. The van der Waals surface area contributed by atoms with Gasteiger partial charge < -0.3 is 9.80 Å². The second-order valence-electron chi connectivity index (χ2n) is 19.5. The van der Waals surface area contributed by atoms with Crippen LogP contribution in [0.1, 0.15) is 93.3 Å². The molecular weight excluding hydrogens is 761 g/mol. The van der Waals surface area contributed by atoms with Crippen molar-refractivity contribution in [1.29, 1.82) is 0 Å². The SMILES string of the molecule is Cc1ccc(N(c2ccc(-c3ccc4c(c3)C(C)(C)c3ccccc3-4)cc2)c2ccc3c(c2)C(C)(C)c2cc(N(c4ccc(C)cc4)c4ccc(C(C)C(C)C)cc4)ccc2-3)cc1. The maximum atomic E-state index is 2.44. The van der Waals surface area contributed by atoms with Crippen molar-refractivity contribution in [1.82, 2.24) is 0 Å². The molecule has 0 fully saturated rings. The summed E-state index contributed by atoms with van der Waals surface area (Å²) in [5.74, 6) is 1.09. The van der Waals surface area contributed by atoms with Crippen LogP contribution >= 0.6 is 0 Å². The largest absolute Gasteiger partial charge is 0.310 e. The Morgan fingerprint density at radius 1 is 0.349 bits per heavy atom. The summed E-state index contributed by atoms with van der Waals surface area (Å²) in [7, 11) is 0. The summed E-state index contributed by atoms with van der Waals surface area (Å²) in [6.07, 6.45) is 0. The van der Waals surface area contributed by atoms with E-state index in [9.17, 15) is 0 Å². The first-order chi connectivity index (χ1) is 30.3. The van der Waals surface area contributed by atoms with Crippen LogP contribution in [-0.2, 0) is 10.8 Å². The van der Waals surface area contributed by atoms with Gasteiger partial charge in [0.2, 0.25) is 0 Å². The Labute approximate surface area is 375 Å². The molecule has 0 saturated carbocycles. The molecule has 0 aliphatic heterocycles. The molecule has 2 aliphatic carbocycles. The third-order valence-electron chi connectivity index (χ3n) is 14.5. The molecule has 0 saturated heterocycles. The van der Waals surface area contributed by atoms with Crippen molar-refractivity contribution in [3.8, 4) is 33.4 Å². The standard InChI is InChI=1S/C61H58N2/c1-39(2)42(5)43-18-27-48(28-19-43)62(46-23-14-40(3)15-24-46)50-31-34-54-55-35-32-51(38-59(55)61(8,9)58(54)37-50)63(47-25-16-41(4)17-26-47)49-29-20-44(21-30-49)45-22-33-53-52-12-10-11-13-56(52)60(6,7)57(53)36-45/h10-39,42H,1-9H3. The monoisotopic (exact) mass is 818 g/mol. The van der Waals surface area contributed by atoms with Crippen LogP contribution < -0.4 is 9.80 Å². The van der Waals surface area contributed by atoms with Gasteiger partial charge in [-0.2, -0.15) is 0 Å². The smallest absolute Gasteiger partial charge is 0.0465 e. The topological polar surface area (TPSA) is 6.48 Å². The molecule has 0 N–H and O–H groups in total. The van der Waals surface area contributed by atoms with Crippen molar-refractivity contribution in [2.45, 2.75) is 79.1 Å². The summed E-state index contributed by atoms with van der Waals surface area (Å²) in [6.45, 7) is 20.7. The molecule has 2 nitrogen and oxygen atoms in total. The molecule has 0 amide bonds. The Bertz CT molecular complexity index is 2980. The quantitative estimate of drug-likeness (QED) is 0.143. The molecule has 0 heterocycles. The molecule has 63 heavy (non-hydrogen) atoms. The molecule has 0 aromatic heterocycles. The summed E-state index contributed by atoms with van der Waals surface area (Å²) < 4.78 is 0. The lowest BCUT2D eigenvalue weighted by Gasteiger charge is -2.29. The summed E-state index contributed by atoms with van der Waals surface area (Å²) in [5.41, 5.74) is 23.8. The van der Waals surface area contributed by atoms with E-state index in [1.165, 1.54) is 83.7 Å². The van der Waals surface area contributed by atoms with Crippen LogP contribution in [-0.4, -0.2) is 0 Å². The fourth-order valence-corrected chi connectivity index (χ4v) is 10.3. The third-order valence-corrected chi connectivity index (χ3v) is 14.5. The number of benzene rings is 8. The van der Waals surface area contributed by atoms with Crippen molar-refractivity contribution in [2.75, 3.05) is 9.80 Å².